The Morgan fingerprint density at radius 3 is 2.79 bits per heavy atom. The van der Waals surface area contributed by atoms with Crippen molar-refractivity contribution in [3.05, 3.63) is 34.1 Å². The quantitative estimate of drug-likeness (QED) is 0.660. The molecule has 2 rings (SSSR count). The molecule has 0 atom stereocenters. The number of carbonyl (C=O) groups excluding carboxylic acids is 2. The summed E-state index contributed by atoms with van der Waals surface area (Å²) in [5, 5.41) is 2.22. The van der Waals surface area contributed by atoms with Crippen LogP contribution in [0, 0.1) is 5.82 Å². The molecule has 0 fully saturated rings. The van der Waals surface area contributed by atoms with E-state index in [0.717, 1.165) is 6.07 Å². The summed E-state index contributed by atoms with van der Waals surface area (Å²) in [5.41, 5.74) is 0.248. The molecular formula is C9H5ClFNO2. The van der Waals surface area contributed by atoms with Crippen molar-refractivity contribution in [2.75, 3.05) is 0 Å². The number of carbonyl (C=O) groups is 2. The molecule has 1 aliphatic heterocycles. The largest absolute Gasteiger partial charge is 0.292 e. The van der Waals surface area contributed by atoms with Crippen LogP contribution in [-0.4, -0.2) is 11.8 Å². The molecular weight excluding hydrogens is 209 g/mol. The molecule has 3 nitrogen and oxygen atoms in total. The summed E-state index contributed by atoms with van der Waals surface area (Å²) in [5.74, 6) is -1.84. The number of imide groups is 1. The molecule has 1 heterocycles. The minimum atomic E-state index is -0.703. The summed E-state index contributed by atoms with van der Waals surface area (Å²) in [6.45, 7) is 0. The lowest BCUT2D eigenvalue weighted by Gasteiger charge is -2.15. The van der Waals surface area contributed by atoms with Gasteiger partial charge in [0.25, 0.3) is 5.91 Å². The maximum absolute atomic E-state index is 13.3. The minimum absolute atomic E-state index is 0.0153. The van der Waals surface area contributed by atoms with E-state index in [1.54, 1.807) is 0 Å². The van der Waals surface area contributed by atoms with Gasteiger partial charge in [-0.2, -0.15) is 0 Å². The van der Waals surface area contributed by atoms with E-state index in [9.17, 15) is 14.0 Å². The van der Waals surface area contributed by atoms with Gasteiger partial charge < -0.3 is 0 Å². The Bertz CT molecular complexity index is 445. The number of fused-ring (bicyclic) bond motifs is 1. The zero-order valence-electron chi connectivity index (χ0n) is 6.93. The zero-order chi connectivity index (χ0) is 10.3. The summed E-state index contributed by atoms with van der Waals surface area (Å²) in [7, 11) is 0. The average Bonchev–Trinajstić information content (AvgIpc) is 1.99. The molecule has 0 radical (unpaired) electrons. The first-order valence-electron chi connectivity index (χ1n) is 3.90. The zero-order valence-corrected chi connectivity index (χ0v) is 7.69. The lowest BCUT2D eigenvalue weighted by atomic mass is 9.99. The Morgan fingerprint density at radius 1 is 1.36 bits per heavy atom. The van der Waals surface area contributed by atoms with Crippen molar-refractivity contribution in [2.45, 2.75) is 6.42 Å². The molecule has 0 aliphatic carbocycles. The molecule has 14 heavy (non-hydrogen) atoms. The summed E-state index contributed by atoms with van der Waals surface area (Å²) in [4.78, 5) is 22.2. The van der Waals surface area contributed by atoms with Crippen molar-refractivity contribution in [3.63, 3.8) is 0 Å². The number of rotatable bonds is 0. The molecule has 0 saturated carbocycles. The highest BCUT2D eigenvalue weighted by Crippen LogP contribution is 2.22. The third-order valence-electron chi connectivity index (χ3n) is 1.97. The van der Waals surface area contributed by atoms with Gasteiger partial charge in [-0.25, -0.2) is 4.39 Å². The van der Waals surface area contributed by atoms with E-state index in [0.29, 0.717) is 5.56 Å². The number of amides is 2. The third kappa shape index (κ3) is 1.37. The van der Waals surface area contributed by atoms with Gasteiger partial charge in [-0.15, -0.1) is 0 Å². The van der Waals surface area contributed by atoms with Crippen LogP contribution in [0.2, 0.25) is 5.02 Å². The normalized spacial score (nSPS) is 15.0. The fraction of sp³-hybridized carbons (Fsp3) is 0.111. The first-order chi connectivity index (χ1) is 6.58. The molecule has 0 saturated heterocycles. The van der Waals surface area contributed by atoms with E-state index in [4.69, 9.17) is 11.6 Å². The molecule has 0 spiro atoms. The summed E-state index contributed by atoms with van der Waals surface area (Å²) in [6.07, 6.45) is -0.0153. The highest BCUT2D eigenvalue weighted by atomic mass is 35.5. The highest BCUT2D eigenvalue weighted by Gasteiger charge is 2.25. The SMILES string of the molecule is O=C1Cc2cc(Cl)cc(F)c2C(=O)N1. The Balaban J connectivity index is 2.64. The first-order valence-corrected chi connectivity index (χ1v) is 4.28. The Labute approximate surface area is 83.9 Å². The predicted molar refractivity (Wildman–Crippen MR) is 47.6 cm³/mol. The second-order valence-electron chi connectivity index (χ2n) is 2.98. The van der Waals surface area contributed by atoms with Gasteiger partial charge in [0.1, 0.15) is 5.82 Å². The van der Waals surface area contributed by atoms with Crippen LogP contribution in [0.4, 0.5) is 4.39 Å². The monoisotopic (exact) mass is 213 g/mol. The van der Waals surface area contributed by atoms with E-state index in [1.807, 2.05) is 5.32 Å². The predicted octanol–water partition coefficient (Wildman–Crippen LogP) is 1.29. The number of benzene rings is 1. The highest BCUT2D eigenvalue weighted by molar-refractivity contribution is 6.31. The van der Waals surface area contributed by atoms with Gasteiger partial charge in [0.15, 0.2) is 0 Å². The minimum Gasteiger partial charge on any atom is -0.292 e. The Morgan fingerprint density at radius 2 is 2.07 bits per heavy atom. The molecule has 1 aromatic carbocycles. The van der Waals surface area contributed by atoms with E-state index in [-0.39, 0.29) is 17.0 Å². The van der Waals surface area contributed by atoms with Crippen molar-refractivity contribution >= 4 is 23.4 Å². The van der Waals surface area contributed by atoms with E-state index in [1.165, 1.54) is 6.07 Å². The molecule has 1 aliphatic rings. The van der Waals surface area contributed by atoms with Gasteiger partial charge in [0.05, 0.1) is 12.0 Å². The second-order valence-corrected chi connectivity index (χ2v) is 3.41. The summed E-state index contributed by atoms with van der Waals surface area (Å²) in [6, 6.07) is 2.48. The smallest absolute Gasteiger partial charge is 0.261 e. The van der Waals surface area contributed by atoms with Crippen molar-refractivity contribution in [2.24, 2.45) is 0 Å². The molecule has 72 valence electrons. The summed E-state index contributed by atoms with van der Waals surface area (Å²) >= 11 is 5.59. The van der Waals surface area contributed by atoms with Gasteiger partial charge in [-0.3, -0.25) is 14.9 Å². The third-order valence-corrected chi connectivity index (χ3v) is 2.19. The van der Waals surface area contributed by atoms with Gasteiger partial charge in [0.2, 0.25) is 5.91 Å². The van der Waals surface area contributed by atoms with Crippen molar-refractivity contribution in [3.8, 4) is 0 Å². The van der Waals surface area contributed by atoms with Crippen molar-refractivity contribution in [1.82, 2.24) is 5.32 Å². The number of halogens is 2. The first kappa shape index (κ1) is 9.15. The van der Waals surface area contributed by atoms with Gasteiger partial charge in [-0.1, -0.05) is 11.6 Å². The lowest BCUT2D eigenvalue weighted by Crippen LogP contribution is -2.37. The van der Waals surface area contributed by atoms with Crippen molar-refractivity contribution in [1.29, 1.82) is 0 Å². The second kappa shape index (κ2) is 3.06. The fourth-order valence-corrected chi connectivity index (χ4v) is 1.65. The van der Waals surface area contributed by atoms with Crippen LogP contribution in [0.5, 0.6) is 0 Å². The molecule has 0 aromatic heterocycles. The number of hydrogen-bond acceptors (Lipinski definition) is 2. The van der Waals surface area contributed by atoms with E-state index in [2.05, 4.69) is 0 Å². The van der Waals surface area contributed by atoms with Crippen LogP contribution in [0.3, 0.4) is 0 Å². The van der Waals surface area contributed by atoms with Crippen LogP contribution in [-0.2, 0) is 11.2 Å². The maximum Gasteiger partial charge on any atom is 0.261 e. The van der Waals surface area contributed by atoms with Crippen LogP contribution in [0.15, 0.2) is 12.1 Å². The number of nitrogens with one attached hydrogen (secondary N) is 1. The van der Waals surface area contributed by atoms with Gasteiger partial charge in [0, 0.05) is 5.02 Å². The molecule has 1 N–H and O–H groups in total. The molecule has 5 heteroatoms. The Hall–Kier alpha value is -1.42. The van der Waals surface area contributed by atoms with E-state index >= 15 is 0 Å². The Kier molecular flexibility index (Phi) is 2.00. The fourth-order valence-electron chi connectivity index (χ4n) is 1.43. The van der Waals surface area contributed by atoms with Crippen LogP contribution in [0.25, 0.3) is 0 Å². The molecule has 0 unspecified atom stereocenters. The van der Waals surface area contributed by atoms with Crippen molar-refractivity contribution < 1.29 is 14.0 Å². The van der Waals surface area contributed by atoms with E-state index < -0.39 is 17.6 Å². The number of hydrogen-bond donors (Lipinski definition) is 1. The topological polar surface area (TPSA) is 46.2 Å². The average molecular weight is 214 g/mol. The van der Waals surface area contributed by atoms with Crippen LogP contribution in [0.1, 0.15) is 15.9 Å². The standard InChI is InChI=1S/C9H5ClFNO2/c10-5-1-4-2-7(13)12-9(14)8(4)6(11)3-5/h1,3H,2H2,(H,12,13,14). The van der Waals surface area contributed by atoms with Crippen LogP contribution >= 0.6 is 11.6 Å². The maximum atomic E-state index is 13.3. The van der Waals surface area contributed by atoms with Gasteiger partial charge in [-0.05, 0) is 17.7 Å². The van der Waals surface area contributed by atoms with Crippen LogP contribution < -0.4 is 5.32 Å². The molecule has 2 amide bonds. The molecule has 0 bridgehead atoms. The van der Waals surface area contributed by atoms with Gasteiger partial charge >= 0.3 is 0 Å². The summed E-state index contributed by atoms with van der Waals surface area (Å²) < 4.78 is 13.3. The lowest BCUT2D eigenvalue weighted by molar-refractivity contribution is -0.119. The molecule has 1 aromatic rings.